The quantitative estimate of drug-likeness (QED) is 0.590. The van der Waals surface area contributed by atoms with Crippen molar-refractivity contribution >= 4 is 11.9 Å². The van der Waals surface area contributed by atoms with E-state index < -0.39 is 12.0 Å². The minimum atomic E-state index is -1.09. The fraction of sp³-hybridized carbons (Fsp3) is 0.750. The van der Waals surface area contributed by atoms with Crippen LogP contribution in [0.2, 0.25) is 0 Å². The molecular weight excluding hydrogens is 188 g/mol. The number of carbonyl (C=O) groups is 2. The third kappa shape index (κ3) is 2.97. The molecule has 1 atom stereocenters. The van der Waals surface area contributed by atoms with E-state index >= 15 is 0 Å². The van der Waals surface area contributed by atoms with Crippen molar-refractivity contribution in [3.05, 3.63) is 0 Å². The van der Waals surface area contributed by atoms with Crippen LogP contribution in [0.15, 0.2) is 0 Å². The number of nitrogens with zero attached hydrogens (tertiary/aromatic N) is 1. The van der Waals surface area contributed by atoms with Crippen LogP contribution < -0.4 is 5.73 Å². The van der Waals surface area contributed by atoms with Crippen LogP contribution in [-0.4, -0.2) is 54.2 Å². The zero-order valence-corrected chi connectivity index (χ0v) is 7.81. The number of carboxylic acids is 1. The van der Waals surface area contributed by atoms with Gasteiger partial charge in [-0.1, -0.05) is 0 Å². The molecular formula is C8H14N2O4. The van der Waals surface area contributed by atoms with Crippen molar-refractivity contribution in [1.29, 1.82) is 0 Å². The Kier molecular flexibility index (Phi) is 3.84. The standard InChI is InChI=1S/C8H14N2O4/c9-6(8(12)13)5-10-2-4-14-3-1-7(10)11/h6H,1-5,9H2,(H,12,13). The lowest BCUT2D eigenvalue weighted by atomic mass is 10.2. The molecule has 6 heteroatoms. The van der Waals surface area contributed by atoms with Gasteiger partial charge in [0.1, 0.15) is 6.04 Å². The van der Waals surface area contributed by atoms with Gasteiger partial charge >= 0.3 is 5.97 Å². The van der Waals surface area contributed by atoms with Gasteiger partial charge in [-0.25, -0.2) is 0 Å². The highest BCUT2D eigenvalue weighted by molar-refractivity contribution is 5.78. The molecule has 1 aliphatic heterocycles. The van der Waals surface area contributed by atoms with Gasteiger partial charge in [-0.2, -0.15) is 0 Å². The molecule has 3 N–H and O–H groups in total. The lowest BCUT2D eigenvalue weighted by Gasteiger charge is -2.21. The van der Waals surface area contributed by atoms with Crippen LogP contribution in [0.5, 0.6) is 0 Å². The Bertz CT molecular complexity index is 231. The Morgan fingerprint density at radius 2 is 2.36 bits per heavy atom. The normalized spacial score (nSPS) is 20.4. The van der Waals surface area contributed by atoms with E-state index in [1.165, 1.54) is 4.90 Å². The van der Waals surface area contributed by atoms with Crippen molar-refractivity contribution in [2.45, 2.75) is 12.5 Å². The van der Waals surface area contributed by atoms with Crippen molar-refractivity contribution in [2.75, 3.05) is 26.3 Å². The largest absolute Gasteiger partial charge is 0.480 e. The molecule has 1 heterocycles. The third-order valence-electron chi connectivity index (χ3n) is 2.05. The lowest BCUT2D eigenvalue weighted by Crippen LogP contribution is -2.45. The summed E-state index contributed by atoms with van der Waals surface area (Å²) in [6, 6.07) is -1.02. The molecule has 1 aliphatic rings. The van der Waals surface area contributed by atoms with E-state index in [1.54, 1.807) is 0 Å². The van der Waals surface area contributed by atoms with Gasteiger partial charge in [0.25, 0.3) is 0 Å². The molecule has 1 amide bonds. The van der Waals surface area contributed by atoms with E-state index in [9.17, 15) is 9.59 Å². The van der Waals surface area contributed by atoms with Crippen LogP contribution in [0, 0.1) is 0 Å². The van der Waals surface area contributed by atoms with E-state index in [2.05, 4.69) is 0 Å². The first-order chi connectivity index (χ1) is 6.61. The summed E-state index contributed by atoms with van der Waals surface area (Å²) in [6.45, 7) is 1.31. The van der Waals surface area contributed by atoms with Gasteiger partial charge in [-0.15, -0.1) is 0 Å². The molecule has 0 spiro atoms. The Labute approximate surface area is 81.6 Å². The summed E-state index contributed by atoms with van der Waals surface area (Å²) < 4.78 is 5.09. The topological polar surface area (TPSA) is 92.9 Å². The number of hydrogen-bond donors (Lipinski definition) is 2. The Morgan fingerprint density at radius 3 is 3.00 bits per heavy atom. The summed E-state index contributed by atoms with van der Waals surface area (Å²) in [7, 11) is 0. The van der Waals surface area contributed by atoms with Gasteiger partial charge in [0, 0.05) is 13.1 Å². The number of aliphatic carboxylic acids is 1. The fourth-order valence-electron chi connectivity index (χ4n) is 1.23. The van der Waals surface area contributed by atoms with Crippen molar-refractivity contribution < 1.29 is 19.4 Å². The summed E-state index contributed by atoms with van der Waals surface area (Å²) >= 11 is 0. The molecule has 0 saturated carbocycles. The van der Waals surface area contributed by atoms with Crippen LogP contribution in [0.25, 0.3) is 0 Å². The Hall–Kier alpha value is -1.14. The first-order valence-corrected chi connectivity index (χ1v) is 4.45. The second-order valence-electron chi connectivity index (χ2n) is 3.15. The molecule has 80 valence electrons. The monoisotopic (exact) mass is 202 g/mol. The second-order valence-corrected chi connectivity index (χ2v) is 3.15. The highest BCUT2D eigenvalue weighted by Crippen LogP contribution is 2.01. The van der Waals surface area contributed by atoms with Gasteiger partial charge in [0.05, 0.1) is 19.6 Å². The summed E-state index contributed by atoms with van der Waals surface area (Å²) in [4.78, 5) is 23.3. The SMILES string of the molecule is NC(CN1CCOCCC1=O)C(=O)O. The summed E-state index contributed by atoms with van der Waals surface area (Å²) in [5.74, 6) is -1.19. The molecule has 1 rings (SSSR count). The van der Waals surface area contributed by atoms with E-state index in [1.807, 2.05) is 0 Å². The predicted molar refractivity (Wildman–Crippen MR) is 47.6 cm³/mol. The molecule has 0 radical (unpaired) electrons. The number of hydrogen-bond acceptors (Lipinski definition) is 4. The Balaban J connectivity index is 2.48. The minimum Gasteiger partial charge on any atom is -0.480 e. The maximum Gasteiger partial charge on any atom is 0.322 e. The number of nitrogens with two attached hydrogens (primary N) is 1. The van der Waals surface area contributed by atoms with Gasteiger partial charge < -0.3 is 20.5 Å². The number of amides is 1. The fourth-order valence-corrected chi connectivity index (χ4v) is 1.23. The molecule has 14 heavy (non-hydrogen) atoms. The molecule has 1 unspecified atom stereocenters. The first-order valence-electron chi connectivity index (χ1n) is 4.45. The highest BCUT2D eigenvalue weighted by Gasteiger charge is 2.22. The summed E-state index contributed by atoms with van der Waals surface area (Å²) in [6.07, 6.45) is 0.298. The Morgan fingerprint density at radius 1 is 1.64 bits per heavy atom. The van der Waals surface area contributed by atoms with Gasteiger partial charge in [-0.3, -0.25) is 9.59 Å². The van der Waals surface area contributed by atoms with Crippen molar-refractivity contribution in [3.8, 4) is 0 Å². The smallest absolute Gasteiger partial charge is 0.322 e. The second kappa shape index (κ2) is 4.92. The van der Waals surface area contributed by atoms with E-state index in [-0.39, 0.29) is 12.5 Å². The van der Waals surface area contributed by atoms with Crippen LogP contribution >= 0.6 is 0 Å². The number of rotatable bonds is 3. The molecule has 0 aromatic carbocycles. The number of ether oxygens (including phenoxy) is 1. The average Bonchev–Trinajstić information content (AvgIpc) is 2.32. The molecule has 0 aliphatic carbocycles. The minimum absolute atomic E-state index is 0.0531. The average molecular weight is 202 g/mol. The third-order valence-corrected chi connectivity index (χ3v) is 2.05. The molecule has 6 nitrogen and oxygen atoms in total. The van der Waals surface area contributed by atoms with Crippen LogP contribution in [-0.2, 0) is 14.3 Å². The lowest BCUT2D eigenvalue weighted by molar-refractivity contribution is -0.140. The van der Waals surface area contributed by atoms with Gasteiger partial charge in [0.2, 0.25) is 5.91 Å². The van der Waals surface area contributed by atoms with Crippen LogP contribution in [0.1, 0.15) is 6.42 Å². The van der Waals surface area contributed by atoms with Crippen molar-refractivity contribution in [3.63, 3.8) is 0 Å². The maximum atomic E-state index is 11.4. The highest BCUT2D eigenvalue weighted by atomic mass is 16.5. The summed E-state index contributed by atoms with van der Waals surface area (Å²) in [5.41, 5.74) is 5.33. The molecule has 1 saturated heterocycles. The predicted octanol–water partition coefficient (Wildman–Crippen LogP) is -1.35. The van der Waals surface area contributed by atoms with Gasteiger partial charge in [0.15, 0.2) is 0 Å². The van der Waals surface area contributed by atoms with Gasteiger partial charge in [-0.05, 0) is 0 Å². The molecule has 0 aromatic rings. The van der Waals surface area contributed by atoms with Crippen molar-refractivity contribution in [2.24, 2.45) is 5.73 Å². The van der Waals surface area contributed by atoms with Crippen LogP contribution in [0.4, 0.5) is 0 Å². The van der Waals surface area contributed by atoms with E-state index in [0.717, 1.165) is 0 Å². The van der Waals surface area contributed by atoms with Crippen molar-refractivity contribution in [1.82, 2.24) is 4.90 Å². The molecule has 0 aromatic heterocycles. The number of carbonyl (C=O) groups excluding carboxylic acids is 1. The first kappa shape index (κ1) is 10.9. The maximum absolute atomic E-state index is 11.4. The molecule has 1 fully saturated rings. The molecule has 0 bridgehead atoms. The number of carboxylic acid groups (broad SMARTS) is 1. The zero-order chi connectivity index (χ0) is 10.6. The summed E-state index contributed by atoms with van der Waals surface area (Å²) in [5, 5.41) is 8.58. The van der Waals surface area contributed by atoms with E-state index in [4.69, 9.17) is 15.6 Å². The van der Waals surface area contributed by atoms with Crippen LogP contribution in [0.3, 0.4) is 0 Å². The zero-order valence-electron chi connectivity index (χ0n) is 7.81. The van der Waals surface area contributed by atoms with E-state index in [0.29, 0.717) is 26.2 Å².